The van der Waals surface area contributed by atoms with Crippen LogP contribution in [0.4, 0.5) is 0 Å². The Balaban J connectivity index is 1.98. The molecule has 0 aliphatic carbocycles. The standard InChI is InChI=1S/C10H19NO4/c1-11(13-2)10(12)5-7-14-8-9-4-3-6-15-9/h9H,3-8H2,1-2H3. The molecule has 1 atom stereocenters. The molecule has 1 fully saturated rings. The Kier molecular flexibility index (Phi) is 5.60. The van der Waals surface area contributed by atoms with Crippen LogP contribution in [0.1, 0.15) is 19.3 Å². The summed E-state index contributed by atoms with van der Waals surface area (Å²) in [5.41, 5.74) is 0. The molecule has 1 unspecified atom stereocenters. The zero-order valence-corrected chi connectivity index (χ0v) is 9.40. The highest BCUT2D eigenvalue weighted by Crippen LogP contribution is 2.11. The number of carbonyl (C=O) groups is 1. The fraction of sp³-hybridized carbons (Fsp3) is 0.900. The number of nitrogens with zero attached hydrogens (tertiary/aromatic N) is 1. The molecule has 0 aromatic heterocycles. The first-order valence-electron chi connectivity index (χ1n) is 5.24. The maximum atomic E-state index is 11.3. The fourth-order valence-electron chi connectivity index (χ4n) is 1.41. The molecule has 0 saturated carbocycles. The van der Waals surface area contributed by atoms with E-state index in [9.17, 15) is 4.79 Å². The lowest BCUT2D eigenvalue weighted by Crippen LogP contribution is -2.26. The molecular weight excluding hydrogens is 198 g/mol. The summed E-state index contributed by atoms with van der Waals surface area (Å²) in [5, 5.41) is 1.20. The smallest absolute Gasteiger partial charge is 0.248 e. The quantitative estimate of drug-likeness (QED) is 0.482. The average Bonchev–Trinajstić information content (AvgIpc) is 2.75. The van der Waals surface area contributed by atoms with Crippen molar-refractivity contribution in [2.75, 3.05) is 34.0 Å². The predicted molar refractivity (Wildman–Crippen MR) is 54.2 cm³/mol. The van der Waals surface area contributed by atoms with E-state index in [2.05, 4.69) is 0 Å². The third-order valence-corrected chi connectivity index (χ3v) is 2.41. The van der Waals surface area contributed by atoms with Crippen molar-refractivity contribution in [2.45, 2.75) is 25.4 Å². The van der Waals surface area contributed by atoms with Gasteiger partial charge in [-0.15, -0.1) is 0 Å². The van der Waals surface area contributed by atoms with E-state index in [0.717, 1.165) is 19.4 Å². The average molecular weight is 217 g/mol. The van der Waals surface area contributed by atoms with Gasteiger partial charge in [-0.2, -0.15) is 0 Å². The zero-order valence-electron chi connectivity index (χ0n) is 9.40. The summed E-state index contributed by atoms with van der Waals surface area (Å²) in [6.07, 6.45) is 2.74. The molecule has 0 radical (unpaired) electrons. The topological polar surface area (TPSA) is 48.0 Å². The van der Waals surface area contributed by atoms with Crippen LogP contribution in [0, 0.1) is 0 Å². The van der Waals surface area contributed by atoms with Crippen molar-refractivity contribution in [3.63, 3.8) is 0 Å². The molecule has 0 spiro atoms. The summed E-state index contributed by atoms with van der Waals surface area (Å²) in [5.74, 6) is -0.0789. The van der Waals surface area contributed by atoms with E-state index in [1.54, 1.807) is 7.05 Å². The maximum Gasteiger partial charge on any atom is 0.248 e. The Bertz CT molecular complexity index is 192. The van der Waals surface area contributed by atoms with E-state index < -0.39 is 0 Å². The Morgan fingerprint density at radius 3 is 3.00 bits per heavy atom. The van der Waals surface area contributed by atoms with Crippen LogP contribution in [0.15, 0.2) is 0 Å². The minimum Gasteiger partial charge on any atom is -0.378 e. The molecule has 0 bridgehead atoms. The van der Waals surface area contributed by atoms with Gasteiger partial charge in [-0.25, -0.2) is 5.06 Å². The highest BCUT2D eigenvalue weighted by atomic mass is 16.7. The third kappa shape index (κ3) is 4.59. The lowest BCUT2D eigenvalue weighted by molar-refractivity contribution is -0.169. The van der Waals surface area contributed by atoms with Gasteiger partial charge in [0.15, 0.2) is 0 Å². The van der Waals surface area contributed by atoms with Gasteiger partial charge < -0.3 is 9.47 Å². The molecule has 1 heterocycles. The Hall–Kier alpha value is -0.650. The van der Waals surface area contributed by atoms with E-state index in [1.165, 1.54) is 12.2 Å². The summed E-state index contributed by atoms with van der Waals surface area (Å²) < 4.78 is 10.7. The van der Waals surface area contributed by atoms with Gasteiger partial charge in [-0.05, 0) is 12.8 Å². The molecule has 1 aliphatic rings. The maximum absolute atomic E-state index is 11.3. The lowest BCUT2D eigenvalue weighted by Gasteiger charge is -2.14. The van der Waals surface area contributed by atoms with Crippen molar-refractivity contribution in [3.05, 3.63) is 0 Å². The van der Waals surface area contributed by atoms with Gasteiger partial charge in [0, 0.05) is 13.7 Å². The van der Waals surface area contributed by atoms with E-state index in [0.29, 0.717) is 19.6 Å². The first-order valence-corrected chi connectivity index (χ1v) is 5.24. The molecule has 1 rings (SSSR count). The second-order valence-corrected chi connectivity index (χ2v) is 3.53. The number of ether oxygens (including phenoxy) is 2. The molecule has 1 aliphatic heterocycles. The van der Waals surface area contributed by atoms with Crippen LogP contribution in [0.5, 0.6) is 0 Å². The number of carbonyl (C=O) groups excluding carboxylic acids is 1. The van der Waals surface area contributed by atoms with Crippen molar-refractivity contribution in [3.8, 4) is 0 Å². The third-order valence-electron chi connectivity index (χ3n) is 2.41. The first kappa shape index (κ1) is 12.4. The molecule has 5 heteroatoms. The first-order chi connectivity index (χ1) is 7.24. The molecule has 0 aromatic carbocycles. The van der Waals surface area contributed by atoms with Crippen molar-refractivity contribution in [1.82, 2.24) is 5.06 Å². The highest BCUT2D eigenvalue weighted by Gasteiger charge is 2.15. The Labute approximate surface area is 90.2 Å². The van der Waals surface area contributed by atoms with Crippen LogP contribution >= 0.6 is 0 Å². The largest absolute Gasteiger partial charge is 0.378 e. The van der Waals surface area contributed by atoms with Gasteiger partial charge >= 0.3 is 0 Å². The summed E-state index contributed by atoms with van der Waals surface area (Å²) in [6, 6.07) is 0. The van der Waals surface area contributed by atoms with Gasteiger partial charge in [-0.3, -0.25) is 9.63 Å². The van der Waals surface area contributed by atoms with Crippen molar-refractivity contribution < 1.29 is 19.1 Å². The normalized spacial score (nSPS) is 20.5. The molecule has 88 valence electrons. The van der Waals surface area contributed by atoms with Gasteiger partial charge in [-0.1, -0.05) is 0 Å². The molecule has 1 amide bonds. The van der Waals surface area contributed by atoms with E-state index in [4.69, 9.17) is 14.3 Å². The van der Waals surface area contributed by atoms with Crippen LogP contribution in [0.25, 0.3) is 0 Å². The van der Waals surface area contributed by atoms with Crippen molar-refractivity contribution in [1.29, 1.82) is 0 Å². The van der Waals surface area contributed by atoms with Crippen molar-refractivity contribution in [2.24, 2.45) is 0 Å². The number of hydrogen-bond donors (Lipinski definition) is 0. The van der Waals surface area contributed by atoms with Crippen LogP contribution in [-0.4, -0.2) is 51.1 Å². The number of hydrogen-bond acceptors (Lipinski definition) is 4. The minimum atomic E-state index is -0.0789. The zero-order chi connectivity index (χ0) is 11.1. The fourth-order valence-corrected chi connectivity index (χ4v) is 1.41. The predicted octanol–water partition coefficient (Wildman–Crippen LogP) is 0.592. The summed E-state index contributed by atoms with van der Waals surface area (Å²) in [4.78, 5) is 16.0. The summed E-state index contributed by atoms with van der Waals surface area (Å²) in [7, 11) is 3.05. The molecule has 0 aromatic rings. The van der Waals surface area contributed by atoms with E-state index in [1.807, 2.05) is 0 Å². The second kappa shape index (κ2) is 6.76. The van der Waals surface area contributed by atoms with Crippen LogP contribution in [0.3, 0.4) is 0 Å². The molecule has 0 N–H and O–H groups in total. The Morgan fingerprint density at radius 2 is 2.40 bits per heavy atom. The number of rotatable bonds is 6. The molecule has 5 nitrogen and oxygen atoms in total. The monoisotopic (exact) mass is 217 g/mol. The van der Waals surface area contributed by atoms with Gasteiger partial charge in [0.25, 0.3) is 0 Å². The summed E-state index contributed by atoms with van der Waals surface area (Å²) in [6.45, 7) is 1.84. The van der Waals surface area contributed by atoms with Gasteiger partial charge in [0.2, 0.25) is 5.91 Å². The molecule has 1 saturated heterocycles. The van der Waals surface area contributed by atoms with E-state index in [-0.39, 0.29) is 12.0 Å². The van der Waals surface area contributed by atoms with Crippen LogP contribution in [0.2, 0.25) is 0 Å². The van der Waals surface area contributed by atoms with Gasteiger partial charge in [0.1, 0.15) is 0 Å². The molecular formula is C10H19NO4. The highest BCUT2D eigenvalue weighted by molar-refractivity contribution is 5.74. The second-order valence-electron chi connectivity index (χ2n) is 3.53. The molecule has 15 heavy (non-hydrogen) atoms. The van der Waals surface area contributed by atoms with E-state index >= 15 is 0 Å². The number of hydroxylamine groups is 2. The minimum absolute atomic E-state index is 0.0789. The lowest BCUT2D eigenvalue weighted by atomic mass is 10.2. The SMILES string of the molecule is CON(C)C(=O)CCOCC1CCCO1. The Morgan fingerprint density at radius 1 is 1.60 bits per heavy atom. The van der Waals surface area contributed by atoms with Crippen molar-refractivity contribution >= 4 is 5.91 Å². The van der Waals surface area contributed by atoms with Crippen LogP contribution in [-0.2, 0) is 19.1 Å². The van der Waals surface area contributed by atoms with Crippen LogP contribution < -0.4 is 0 Å². The van der Waals surface area contributed by atoms with Gasteiger partial charge in [0.05, 0.1) is 32.8 Å². The summed E-state index contributed by atoms with van der Waals surface area (Å²) >= 11 is 0. The number of amides is 1.